The molecule has 0 saturated heterocycles. The second kappa shape index (κ2) is 8.61. The molecule has 0 bridgehead atoms. The van der Waals surface area contributed by atoms with Crippen LogP contribution in [0, 0.1) is 24.0 Å². The molecule has 2 aromatic heterocycles. The molecule has 0 saturated carbocycles. The molecule has 0 radical (unpaired) electrons. The highest BCUT2D eigenvalue weighted by molar-refractivity contribution is 7.18. The van der Waals surface area contributed by atoms with Crippen molar-refractivity contribution in [3.63, 3.8) is 0 Å². The molecule has 0 unspecified atom stereocenters. The van der Waals surface area contributed by atoms with Crippen LogP contribution in [0.3, 0.4) is 0 Å². The third-order valence-electron chi connectivity index (χ3n) is 3.87. The third-order valence-corrected chi connectivity index (χ3v) is 5.05. The molecule has 2 aromatic rings. The van der Waals surface area contributed by atoms with Crippen molar-refractivity contribution in [3.8, 4) is 0 Å². The average molecular weight is 410 g/mol. The summed E-state index contributed by atoms with van der Waals surface area (Å²) in [5.74, 6) is -2.09. The van der Waals surface area contributed by atoms with E-state index in [0.29, 0.717) is 11.3 Å². The van der Waals surface area contributed by atoms with Crippen LogP contribution < -0.4 is 5.32 Å². The second-order valence-electron chi connectivity index (χ2n) is 5.67. The Kier molecular flexibility index (Phi) is 6.46. The van der Waals surface area contributed by atoms with E-state index in [1.807, 2.05) is 0 Å². The van der Waals surface area contributed by atoms with Gasteiger partial charge in [0.2, 0.25) is 5.91 Å². The molecule has 0 fully saturated rings. The largest absolute Gasteiger partial charge is 0.465 e. The van der Waals surface area contributed by atoms with Crippen LogP contribution in [0.5, 0.6) is 0 Å². The van der Waals surface area contributed by atoms with Gasteiger partial charge in [0, 0.05) is 6.42 Å². The van der Waals surface area contributed by atoms with Crippen LogP contribution in [-0.4, -0.2) is 46.8 Å². The van der Waals surface area contributed by atoms with E-state index in [1.165, 1.54) is 25.0 Å². The molecule has 11 nitrogen and oxygen atoms in total. The molecule has 0 aromatic carbocycles. The van der Waals surface area contributed by atoms with Crippen LogP contribution in [-0.2, 0) is 20.8 Å². The molecule has 2 rings (SSSR count). The molecule has 0 spiro atoms. The van der Waals surface area contributed by atoms with Gasteiger partial charge in [-0.05, 0) is 24.3 Å². The first-order valence-electron chi connectivity index (χ1n) is 7.98. The van der Waals surface area contributed by atoms with Gasteiger partial charge in [-0.25, -0.2) is 9.59 Å². The van der Waals surface area contributed by atoms with Crippen molar-refractivity contribution in [2.45, 2.75) is 26.8 Å². The Morgan fingerprint density at radius 3 is 2.43 bits per heavy atom. The fourth-order valence-corrected chi connectivity index (χ4v) is 3.57. The lowest BCUT2D eigenvalue weighted by Gasteiger charge is -2.06. The highest BCUT2D eigenvalue weighted by Gasteiger charge is 2.27. The lowest BCUT2D eigenvalue weighted by Crippen LogP contribution is -2.17. The van der Waals surface area contributed by atoms with Crippen molar-refractivity contribution >= 4 is 40.0 Å². The van der Waals surface area contributed by atoms with Gasteiger partial charge in [-0.1, -0.05) is 0 Å². The van der Waals surface area contributed by atoms with Crippen LogP contribution in [0.1, 0.15) is 37.7 Å². The van der Waals surface area contributed by atoms with Crippen molar-refractivity contribution in [2.75, 3.05) is 19.5 Å². The molecular formula is C16H18N4O7S. The topological polar surface area (TPSA) is 143 Å². The van der Waals surface area contributed by atoms with Gasteiger partial charge < -0.3 is 24.9 Å². The molecule has 28 heavy (non-hydrogen) atoms. The number of aryl methyl sites for hydroxylation is 2. The number of aromatic nitrogens is 2. The van der Waals surface area contributed by atoms with E-state index in [1.54, 1.807) is 13.8 Å². The number of anilines is 1. The molecule has 150 valence electrons. The number of esters is 2. The Bertz CT molecular complexity index is 947. The average Bonchev–Trinajstić information content (AvgIpc) is 3.18. The summed E-state index contributed by atoms with van der Waals surface area (Å²) in [5, 5.41) is 17.3. The molecule has 1 N–H and O–H groups in total. The fourth-order valence-electron chi connectivity index (χ4n) is 2.44. The van der Waals surface area contributed by atoms with Gasteiger partial charge in [0.1, 0.15) is 9.88 Å². The number of hydrogen-bond acceptors (Lipinski definition) is 9. The number of thiophene rings is 1. The zero-order valence-corrected chi connectivity index (χ0v) is 16.4. The minimum atomic E-state index is -0.697. The van der Waals surface area contributed by atoms with Gasteiger partial charge in [0.15, 0.2) is 0 Å². The van der Waals surface area contributed by atoms with E-state index in [2.05, 4.69) is 15.2 Å². The van der Waals surface area contributed by atoms with E-state index >= 15 is 0 Å². The van der Waals surface area contributed by atoms with Crippen LogP contribution in [0.4, 0.5) is 10.8 Å². The van der Waals surface area contributed by atoms with Crippen molar-refractivity contribution in [2.24, 2.45) is 0 Å². The van der Waals surface area contributed by atoms with Crippen LogP contribution >= 0.6 is 11.3 Å². The molecule has 1 amide bonds. The number of methoxy groups -OCH3 is 2. The number of nitrogens with one attached hydrogen (secondary N) is 1. The zero-order chi connectivity index (χ0) is 21.0. The lowest BCUT2D eigenvalue weighted by molar-refractivity contribution is -0.389. The number of carbonyl (C=O) groups is 3. The predicted molar refractivity (Wildman–Crippen MR) is 98.6 cm³/mol. The van der Waals surface area contributed by atoms with Crippen molar-refractivity contribution in [1.29, 1.82) is 0 Å². The Morgan fingerprint density at radius 1 is 1.25 bits per heavy atom. The van der Waals surface area contributed by atoms with Crippen LogP contribution in [0.15, 0.2) is 6.07 Å². The van der Waals surface area contributed by atoms with E-state index < -0.39 is 22.8 Å². The standard InChI is InChI=1S/C16H18N4O7S/c1-8-7-10(20(24)25)18-19(8)6-5-11(21)17-14-12(15(22)26-3)9(2)13(28-14)16(23)27-4/h7H,5-6H2,1-4H3,(H,17,21). The predicted octanol–water partition coefficient (Wildman–Crippen LogP) is 2.07. The SMILES string of the molecule is COC(=O)c1sc(NC(=O)CCn2nc([N+](=O)[O-])cc2C)c(C(=O)OC)c1C. The molecule has 12 heteroatoms. The maximum Gasteiger partial charge on any atom is 0.390 e. The number of amides is 1. The lowest BCUT2D eigenvalue weighted by atomic mass is 10.1. The van der Waals surface area contributed by atoms with Crippen molar-refractivity contribution in [3.05, 3.63) is 37.9 Å². The minimum absolute atomic E-state index is 0.0508. The Balaban J connectivity index is 2.18. The summed E-state index contributed by atoms with van der Waals surface area (Å²) in [5.41, 5.74) is 0.958. The Hall–Kier alpha value is -3.28. The zero-order valence-electron chi connectivity index (χ0n) is 15.6. The molecule has 0 aliphatic carbocycles. The first-order chi connectivity index (χ1) is 13.2. The maximum absolute atomic E-state index is 12.3. The number of ether oxygens (including phenoxy) is 2. The van der Waals surface area contributed by atoms with Gasteiger partial charge in [-0.2, -0.15) is 4.68 Å². The van der Waals surface area contributed by atoms with Crippen molar-refractivity contribution < 1.29 is 28.8 Å². The summed E-state index contributed by atoms with van der Waals surface area (Å²) in [6, 6.07) is 1.30. The Labute approximate surface area is 163 Å². The number of nitrogens with zero attached hydrogens (tertiary/aromatic N) is 3. The Morgan fingerprint density at radius 2 is 1.89 bits per heavy atom. The quantitative estimate of drug-likeness (QED) is 0.415. The second-order valence-corrected chi connectivity index (χ2v) is 6.69. The molecule has 0 aliphatic heterocycles. The minimum Gasteiger partial charge on any atom is -0.465 e. The van der Waals surface area contributed by atoms with Crippen LogP contribution in [0.2, 0.25) is 0 Å². The fraction of sp³-hybridized carbons (Fsp3) is 0.375. The summed E-state index contributed by atoms with van der Waals surface area (Å²) in [4.78, 5) is 46.5. The molecular weight excluding hydrogens is 392 g/mol. The summed E-state index contributed by atoms with van der Waals surface area (Å²) in [7, 11) is 2.40. The number of rotatable bonds is 7. The van der Waals surface area contributed by atoms with Crippen molar-refractivity contribution in [1.82, 2.24) is 9.78 Å². The van der Waals surface area contributed by atoms with E-state index in [0.717, 1.165) is 11.3 Å². The first-order valence-corrected chi connectivity index (χ1v) is 8.79. The summed E-state index contributed by atoms with van der Waals surface area (Å²) >= 11 is 0.905. The summed E-state index contributed by atoms with van der Waals surface area (Å²) in [6.45, 7) is 3.29. The number of nitro groups is 1. The van der Waals surface area contributed by atoms with Gasteiger partial charge in [-0.3, -0.25) is 4.79 Å². The molecule has 0 aliphatic rings. The highest BCUT2D eigenvalue weighted by Crippen LogP contribution is 2.34. The van der Waals surface area contributed by atoms with Crippen LogP contribution in [0.25, 0.3) is 0 Å². The van der Waals surface area contributed by atoms with E-state index in [9.17, 15) is 24.5 Å². The smallest absolute Gasteiger partial charge is 0.390 e. The monoisotopic (exact) mass is 410 g/mol. The normalized spacial score (nSPS) is 10.4. The molecule has 0 atom stereocenters. The molecule has 2 heterocycles. The van der Waals surface area contributed by atoms with E-state index in [4.69, 9.17) is 4.74 Å². The van der Waals surface area contributed by atoms with Gasteiger partial charge in [0.25, 0.3) is 0 Å². The summed E-state index contributed by atoms with van der Waals surface area (Å²) in [6.07, 6.45) is -0.0508. The maximum atomic E-state index is 12.3. The first kappa shape index (κ1) is 21.0. The van der Waals surface area contributed by atoms with Gasteiger partial charge in [0.05, 0.1) is 43.2 Å². The van der Waals surface area contributed by atoms with E-state index in [-0.39, 0.29) is 34.2 Å². The number of hydrogen-bond donors (Lipinski definition) is 1. The van der Waals surface area contributed by atoms with Gasteiger partial charge in [-0.15, -0.1) is 11.3 Å². The van der Waals surface area contributed by atoms with Gasteiger partial charge >= 0.3 is 17.8 Å². The third kappa shape index (κ3) is 4.34. The summed E-state index contributed by atoms with van der Waals surface area (Å²) < 4.78 is 10.8. The highest BCUT2D eigenvalue weighted by atomic mass is 32.1. The number of carbonyl (C=O) groups excluding carboxylic acids is 3.